The van der Waals surface area contributed by atoms with Crippen molar-refractivity contribution in [1.29, 1.82) is 0 Å². The van der Waals surface area contributed by atoms with E-state index in [0.29, 0.717) is 12.5 Å². The van der Waals surface area contributed by atoms with E-state index in [1.165, 1.54) is 18.2 Å². The number of rotatable bonds is 11. The van der Waals surface area contributed by atoms with Crippen LogP contribution in [-0.2, 0) is 4.79 Å². The summed E-state index contributed by atoms with van der Waals surface area (Å²) in [4.78, 5) is 15.1. The number of allylic oxidation sites excluding steroid dienone is 1. The van der Waals surface area contributed by atoms with Crippen molar-refractivity contribution in [3.63, 3.8) is 0 Å². The SMILES string of the molecule is CC/N=N\C(=C/C(CC)[C@H](CC)CCC(C)(C)C(=O)N1CCC(C)C1)c1c(F)cccc1F. The van der Waals surface area contributed by atoms with E-state index in [2.05, 4.69) is 31.0 Å². The van der Waals surface area contributed by atoms with Gasteiger partial charge in [0, 0.05) is 18.5 Å². The van der Waals surface area contributed by atoms with Crippen LogP contribution < -0.4 is 0 Å². The Kier molecular flexibility index (Phi) is 10.2. The Morgan fingerprint density at radius 3 is 2.39 bits per heavy atom. The number of likely N-dealkylation sites (tertiary alicyclic amines) is 1. The molecule has 4 nitrogen and oxygen atoms in total. The van der Waals surface area contributed by atoms with Crippen molar-refractivity contribution in [1.82, 2.24) is 4.90 Å². The molecule has 0 saturated carbocycles. The third-order valence-electron chi connectivity index (χ3n) is 6.94. The summed E-state index contributed by atoms with van der Waals surface area (Å²) in [5, 5.41) is 8.22. The Morgan fingerprint density at radius 2 is 1.88 bits per heavy atom. The van der Waals surface area contributed by atoms with Crippen molar-refractivity contribution in [2.75, 3.05) is 19.6 Å². The van der Waals surface area contributed by atoms with Crippen LogP contribution >= 0.6 is 0 Å². The summed E-state index contributed by atoms with van der Waals surface area (Å²) in [5.74, 6) is -0.108. The number of amides is 1. The van der Waals surface area contributed by atoms with E-state index in [9.17, 15) is 13.6 Å². The van der Waals surface area contributed by atoms with Crippen molar-refractivity contribution < 1.29 is 13.6 Å². The molecule has 1 aromatic rings. The maximum atomic E-state index is 14.5. The molecule has 6 heteroatoms. The van der Waals surface area contributed by atoms with Crippen molar-refractivity contribution in [3.05, 3.63) is 41.5 Å². The molecule has 1 heterocycles. The van der Waals surface area contributed by atoms with Gasteiger partial charge in [0.15, 0.2) is 0 Å². The molecule has 0 aromatic heterocycles. The first-order chi connectivity index (χ1) is 15.6. The number of carbonyl (C=O) groups is 1. The maximum absolute atomic E-state index is 14.5. The van der Waals surface area contributed by atoms with Gasteiger partial charge >= 0.3 is 0 Å². The molecule has 1 saturated heterocycles. The van der Waals surface area contributed by atoms with E-state index >= 15 is 0 Å². The largest absolute Gasteiger partial charge is 0.342 e. The molecule has 1 aliphatic heterocycles. The Labute approximate surface area is 198 Å². The highest BCUT2D eigenvalue weighted by molar-refractivity contribution is 5.82. The first-order valence-corrected chi connectivity index (χ1v) is 12.5. The zero-order chi connectivity index (χ0) is 24.6. The summed E-state index contributed by atoms with van der Waals surface area (Å²) in [6.07, 6.45) is 6.33. The second kappa shape index (κ2) is 12.4. The zero-order valence-corrected chi connectivity index (χ0v) is 21.2. The summed E-state index contributed by atoms with van der Waals surface area (Å²) in [6.45, 7) is 14.5. The molecule has 184 valence electrons. The minimum Gasteiger partial charge on any atom is -0.342 e. The minimum absolute atomic E-state index is 0.0810. The van der Waals surface area contributed by atoms with Crippen molar-refractivity contribution in [2.45, 2.75) is 73.6 Å². The van der Waals surface area contributed by atoms with Gasteiger partial charge in [-0.3, -0.25) is 4.79 Å². The quantitative estimate of drug-likeness (QED) is 0.315. The Balaban J connectivity index is 2.23. The number of hydrogen-bond acceptors (Lipinski definition) is 3. The molecule has 0 spiro atoms. The number of hydrogen-bond donors (Lipinski definition) is 0. The second-order valence-corrected chi connectivity index (χ2v) is 10.0. The molecule has 1 fully saturated rings. The van der Waals surface area contributed by atoms with Gasteiger partial charge in [-0.15, -0.1) is 0 Å². The van der Waals surface area contributed by atoms with Crippen LogP contribution in [0.3, 0.4) is 0 Å². The van der Waals surface area contributed by atoms with E-state index in [1.54, 1.807) is 0 Å². The third kappa shape index (κ3) is 7.18. The lowest BCUT2D eigenvalue weighted by Crippen LogP contribution is -2.40. The predicted molar refractivity (Wildman–Crippen MR) is 131 cm³/mol. The minimum atomic E-state index is -0.634. The zero-order valence-electron chi connectivity index (χ0n) is 21.2. The van der Waals surface area contributed by atoms with Gasteiger partial charge in [-0.05, 0) is 62.5 Å². The summed E-state index contributed by atoms with van der Waals surface area (Å²) < 4.78 is 29.0. The molecule has 33 heavy (non-hydrogen) atoms. The summed E-state index contributed by atoms with van der Waals surface area (Å²) in [7, 11) is 0. The molecule has 0 radical (unpaired) electrons. The van der Waals surface area contributed by atoms with Gasteiger partial charge in [0.2, 0.25) is 5.91 Å². The van der Waals surface area contributed by atoms with Crippen LogP contribution in [0.1, 0.15) is 79.2 Å². The van der Waals surface area contributed by atoms with E-state index in [1.807, 2.05) is 31.7 Å². The van der Waals surface area contributed by atoms with Gasteiger partial charge in [0.25, 0.3) is 0 Å². The van der Waals surface area contributed by atoms with Gasteiger partial charge < -0.3 is 4.90 Å². The Morgan fingerprint density at radius 1 is 1.21 bits per heavy atom. The highest BCUT2D eigenvalue weighted by atomic mass is 19.1. The Hall–Kier alpha value is -2.11. The lowest BCUT2D eigenvalue weighted by molar-refractivity contribution is -0.140. The molecule has 1 aromatic carbocycles. The fraction of sp³-hybridized carbons (Fsp3) is 0.667. The van der Waals surface area contributed by atoms with Crippen LogP contribution in [0.15, 0.2) is 34.5 Å². The second-order valence-electron chi connectivity index (χ2n) is 10.0. The maximum Gasteiger partial charge on any atom is 0.228 e. The van der Waals surface area contributed by atoms with Gasteiger partial charge in [0.1, 0.15) is 11.6 Å². The van der Waals surface area contributed by atoms with Crippen molar-refractivity contribution >= 4 is 11.6 Å². The molecule has 0 aliphatic carbocycles. The molecular formula is C27H41F2N3O. The number of nitrogens with zero attached hydrogens (tertiary/aromatic N) is 3. The first-order valence-electron chi connectivity index (χ1n) is 12.5. The van der Waals surface area contributed by atoms with Gasteiger partial charge in [0.05, 0.1) is 17.8 Å². The summed E-state index contributed by atoms with van der Waals surface area (Å²) in [6, 6.07) is 3.85. The van der Waals surface area contributed by atoms with Crippen LogP contribution in [0.5, 0.6) is 0 Å². The molecule has 1 amide bonds. The molecule has 3 atom stereocenters. The van der Waals surface area contributed by atoms with E-state index in [4.69, 9.17) is 0 Å². The van der Waals surface area contributed by atoms with E-state index in [-0.39, 0.29) is 29.0 Å². The highest BCUT2D eigenvalue weighted by Crippen LogP contribution is 2.36. The van der Waals surface area contributed by atoms with E-state index < -0.39 is 17.0 Å². The van der Waals surface area contributed by atoms with Gasteiger partial charge in [-0.1, -0.05) is 53.2 Å². The number of benzene rings is 1. The molecule has 0 bridgehead atoms. The lowest BCUT2D eigenvalue weighted by atomic mass is 9.77. The smallest absolute Gasteiger partial charge is 0.228 e. The first kappa shape index (κ1) is 27.1. The Bertz CT molecular complexity index is 830. The lowest BCUT2D eigenvalue weighted by Gasteiger charge is -2.32. The van der Waals surface area contributed by atoms with Gasteiger partial charge in [-0.2, -0.15) is 10.2 Å². The fourth-order valence-corrected chi connectivity index (χ4v) is 4.77. The van der Waals surface area contributed by atoms with Crippen LogP contribution in [0.2, 0.25) is 0 Å². The van der Waals surface area contributed by atoms with Gasteiger partial charge in [-0.25, -0.2) is 8.78 Å². The standard InChI is InChI=1S/C27H41F2N3O/c1-7-20(13-15-27(5,6)26(33)32-16-14-19(4)18-32)21(8-2)17-24(31-30-9-3)25-22(28)11-10-12-23(25)29/h10-12,17,19-21H,7-9,13-16,18H2,1-6H3/b24-17-,31-30-/t19?,20-,21?/m1/s1. The third-order valence-corrected chi connectivity index (χ3v) is 6.94. The molecule has 0 N–H and O–H groups in total. The summed E-state index contributed by atoms with van der Waals surface area (Å²) >= 11 is 0. The summed E-state index contributed by atoms with van der Waals surface area (Å²) in [5.41, 5.74) is -0.303. The number of azo groups is 1. The van der Waals surface area contributed by atoms with Crippen LogP contribution in [0.4, 0.5) is 8.78 Å². The highest BCUT2D eigenvalue weighted by Gasteiger charge is 2.35. The molecule has 1 aliphatic rings. The number of carbonyl (C=O) groups excluding carboxylic acids is 1. The fourth-order valence-electron chi connectivity index (χ4n) is 4.77. The molecule has 2 unspecified atom stereocenters. The van der Waals surface area contributed by atoms with E-state index in [0.717, 1.165) is 45.2 Å². The average molecular weight is 462 g/mol. The van der Waals surface area contributed by atoms with Crippen LogP contribution in [0.25, 0.3) is 5.70 Å². The predicted octanol–water partition coefficient (Wildman–Crippen LogP) is 7.51. The number of halogens is 2. The van der Waals surface area contributed by atoms with Crippen LogP contribution in [-0.4, -0.2) is 30.4 Å². The van der Waals surface area contributed by atoms with Crippen LogP contribution in [0, 0.1) is 34.8 Å². The normalized spacial score (nSPS) is 19.3. The average Bonchev–Trinajstić information content (AvgIpc) is 3.21. The van der Waals surface area contributed by atoms with Crippen molar-refractivity contribution in [2.24, 2.45) is 33.4 Å². The van der Waals surface area contributed by atoms with Crippen molar-refractivity contribution in [3.8, 4) is 0 Å². The molecule has 2 rings (SSSR count). The monoisotopic (exact) mass is 461 g/mol. The molecular weight excluding hydrogens is 420 g/mol. The topological polar surface area (TPSA) is 45.0 Å².